The molecule has 0 spiro atoms. The Morgan fingerprint density at radius 2 is 2.21 bits per heavy atom. The van der Waals surface area contributed by atoms with Gasteiger partial charge in [0.25, 0.3) is 5.69 Å². The Kier molecular flexibility index (Phi) is 1.82. The van der Waals surface area contributed by atoms with Gasteiger partial charge in [0.15, 0.2) is 0 Å². The van der Waals surface area contributed by atoms with Crippen LogP contribution in [-0.2, 0) is 10.3 Å². The van der Waals surface area contributed by atoms with E-state index >= 15 is 0 Å². The van der Waals surface area contributed by atoms with Crippen molar-refractivity contribution in [2.75, 3.05) is 6.61 Å². The molecule has 1 saturated heterocycles. The van der Waals surface area contributed by atoms with Crippen LogP contribution in [0.3, 0.4) is 0 Å². The predicted octanol–water partition coefficient (Wildman–Crippen LogP) is 2.15. The molecule has 0 bridgehead atoms. The van der Waals surface area contributed by atoms with Crippen molar-refractivity contribution >= 4 is 5.69 Å². The van der Waals surface area contributed by atoms with Gasteiger partial charge in [-0.05, 0) is 19.4 Å². The standard InChI is InChI=1S/C10H11NO3/c1-7-4-3-5-8(11(12)13)9(7)10(2)6-14-10/h3-5H,6H2,1-2H3/t10-/m0/s1. The van der Waals surface area contributed by atoms with E-state index in [1.54, 1.807) is 6.07 Å². The topological polar surface area (TPSA) is 55.7 Å². The van der Waals surface area contributed by atoms with Crippen molar-refractivity contribution < 1.29 is 9.66 Å². The van der Waals surface area contributed by atoms with Crippen molar-refractivity contribution in [3.63, 3.8) is 0 Å². The second-order valence-corrected chi connectivity index (χ2v) is 3.75. The average Bonchev–Trinajstić information content (AvgIpc) is 2.84. The molecule has 1 aromatic rings. The van der Waals surface area contributed by atoms with Crippen LogP contribution in [0.4, 0.5) is 5.69 Å². The molecule has 0 radical (unpaired) electrons. The van der Waals surface area contributed by atoms with E-state index in [4.69, 9.17) is 4.74 Å². The Morgan fingerprint density at radius 1 is 1.57 bits per heavy atom. The number of nitrogens with zero attached hydrogens (tertiary/aromatic N) is 1. The minimum absolute atomic E-state index is 0.157. The van der Waals surface area contributed by atoms with Crippen molar-refractivity contribution in [2.24, 2.45) is 0 Å². The fourth-order valence-electron chi connectivity index (χ4n) is 1.75. The number of rotatable bonds is 2. The summed E-state index contributed by atoms with van der Waals surface area (Å²) in [4.78, 5) is 10.4. The Balaban J connectivity index is 2.60. The third kappa shape index (κ3) is 1.28. The second-order valence-electron chi connectivity index (χ2n) is 3.75. The lowest BCUT2D eigenvalue weighted by atomic mass is 9.95. The molecule has 0 saturated carbocycles. The fraction of sp³-hybridized carbons (Fsp3) is 0.400. The summed E-state index contributed by atoms with van der Waals surface area (Å²) in [6.07, 6.45) is 0. The number of ether oxygens (including phenoxy) is 1. The van der Waals surface area contributed by atoms with Crippen LogP contribution in [0.25, 0.3) is 0 Å². The van der Waals surface area contributed by atoms with Gasteiger partial charge in [-0.25, -0.2) is 0 Å². The van der Waals surface area contributed by atoms with Gasteiger partial charge in [-0.1, -0.05) is 12.1 Å². The summed E-state index contributed by atoms with van der Waals surface area (Å²) in [6.45, 7) is 4.32. The first-order chi connectivity index (χ1) is 6.54. The summed E-state index contributed by atoms with van der Waals surface area (Å²) in [6, 6.07) is 5.09. The van der Waals surface area contributed by atoms with Gasteiger partial charge in [0.05, 0.1) is 17.1 Å². The molecule has 1 aromatic carbocycles. The van der Waals surface area contributed by atoms with E-state index in [9.17, 15) is 10.1 Å². The van der Waals surface area contributed by atoms with E-state index in [2.05, 4.69) is 0 Å². The number of hydrogen-bond donors (Lipinski definition) is 0. The number of benzene rings is 1. The lowest BCUT2D eigenvalue weighted by molar-refractivity contribution is -0.386. The summed E-state index contributed by atoms with van der Waals surface area (Å²) >= 11 is 0. The summed E-state index contributed by atoms with van der Waals surface area (Å²) in [5.74, 6) is 0. The van der Waals surface area contributed by atoms with Gasteiger partial charge < -0.3 is 4.74 Å². The monoisotopic (exact) mass is 193 g/mol. The molecule has 1 aliphatic rings. The molecule has 0 unspecified atom stereocenters. The first-order valence-electron chi connectivity index (χ1n) is 4.43. The van der Waals surface area contributed by atoms with Crippen molar-refractivity contribution in [1.29, 1.82) is 0 Å². The van der Waals surface area contributed by atoms with Crippen molar-refractivity contribution in [3.8, 4) is 0 Å². The number of nitro groups is 1. The van der Waals surface area contributed by atoms with Crippen molar-refractivity contribution in [2.45, 2.75) is 19.4 Å². The van der Waals surface area contributed by atoms with E-state index in [0.29, 0.717) is 12.2 Å². The molecule has 0 N–H and O–H groups in total. The maximum absolute atomic E-state index is 10.8. The van der Waals surface area contributed by atoms with Crippen LogP contribution in [0.15, 0.2) is 18.2 Å². The molecule has 1 atom stereocenters. The van der Waals surface area contributed by atoms with E-state index in [1.807, 2.05) is 19.9 Å². The highest BCUT2D eigenvalue weighted by molar-refractivity contribution is 5.50. The third-order valence-electron chi connectivity index (χ3n) is 2.55. The number of epoxide rings is 1. The molecular weight excluding hydrogens is 182 g/mol. The molecule has 2 rings (SSSR count). The minimum atomic E-state index is -0.437. The lowest BCUT2D eigenvalue weighted by Gasteiger charge is -2.09. The minimum Gasteiger partial charge on any atom is -0.365 e. The van der Waals surface area contributed by atoms with Gasteiger partial charge >= 0.3 is 0 Å². The molecule has 14 heavy (non-hydrogen) atoms. The van der Waals surface area contributed by atoms with Gasteiger partial charge in [0.1, 0.15) is 5.60 Å². The maximum Gasteiger partial charge on any atom is 0.275 e. The number of nitro benzene ring substituents is 1. The zero-order valence-electron chi connectivity index (χ0n) is 8.11. The van der Waals surface area contributed by atoms with E-state index in [0.717, 1.165) is 5.56 Å². The van der Waals surface area contributed by atoms with Gasteiger partial charge in [-0.15, -0.1) is 0 Å². The van der Waals surface area contributed by atoms with Gasteiger partial charge in [0, 0.05) is 6.07 Å². The normalized spacial score (nSPS) is 24.7. The Hall–Kier alpha value is -1.42. The van der Waals surface area contributed by atoms with Crippen molar-refractivity contribution in [3.05, 3.63) is 39.4 Å². The fourth-order valence-corrected chi connectivity index (χ4v) is 1.75. The smallest absolute Gasteiger partial charge is 0.275 e. The van der Waals surface area contributed by atoms with Gasteiger partial charge in [-0.2, -0.15) is 0 Å². The number of hydrogen-bond acceptors (Lipinski definition) is 3. The van der Waals surface area contributed by atoms with E-state index in [1.165, 1.54) is 6.07 Å². The van der Waals surface area contributed by atoms with Crippen LogP contribution in [0, 0.1) is 17.0 Å². The van der Waals surface area contributed by atoms with Crippen LogP contribution < -0.4 is 0 Å². The molecule has 0 amide bonds. The highest BCUT2D eigenvalue weighted by atomic mass is 16.6. The quantitative estimate of drug-likeness (QED) is 0.410. The summed E-state index contributed by atoms with van der Waals surface area (Å²) in [5.41, 5.74) is 1.35. The lowest BCUT2D eigenvalue weighted by Crippen LogP contribution is -2.08. The zero-order chi connectivity index (χ0) is 10.3. The third-order valence-corrected chi connectivity index (χ3v) is 2.55. The summed E-state index contributed by atoms with van der Waals surface area (Å²) in [5, 5.41) is 10.8. The van der Waals surface area contributed by atoms with E-state index in [-0.39, 0.29) is 10.6 Å². The maximum atomic E-state index is 10.8. The van der Waals surface area contributed by atoms with Crippen LogP contribution >= 0.6 is 0 Å². The molecule has 1 aliphatic heterocycles. The molecule has 1 heterocycles. The Morgan fingerprint density at radius 3 is 2.71 bits per heavy atom. The second kappa shape index (κ2) is 2.78. The predicted molar refractivity (Wildman–Crippen MR) is 51.1 cm³/mol. The van der Waals surface area contributed by atoms with Crippen LogP contribution in [-0.4, -0.2) is 11.5 Å². The highest BCUT2D eigenvalue weighted by Crippen LogP contribution is 2.44. The Bertz CT molecular complexity index is 396. The summed E-state index contributed by atoms with van der Waals surface area (Å²) < 4.78 is 5.25. The van der Waals surface area contributed by atoms with Gasteiger partial charge in [0.2, 0.25) is 0 Å². The molecule has 4 heteroatoms. The van der Waals surface area contributed by atoms with E-state index < -0.39 is 5.60 Å². The molecule has 0 aromatic heterocycles. The first kappa shape index (κ1) is 9.15. The number of aryl methyl sites for hydroxylation is 1. The van der Waals surface area contributed by atoms with Crippen LogP contribution in [0.5, 0.6) is 0 Å². The SMILES string of the molecule is Cc1cccc([N+](=O)[O-])c1[C@]1(C)CO1. The first-order valence-corrected chi connectivity index (χ1v) is 4.43. The Labute approximate surface area is 81.7 Å². The molecular formula is C10H11NO3. The van der Waals surface area contributed by atoms with Crippen LogP contribution in [0.2, 0.25) is 0 Å². The zero-order valence-corrected chi connectivity index (χ0v) is 8.11. The molecule has 74 valence electrons. The van der Waals surface area contributed by atoms with Gasteiger partial charge in [-0.3, -0.25) is 10.1 Å². The summed E-state index contributed by atoms with van der Waals surface area (Å²) in [7, 11) is 0. The van der Waals surface area contributed by atoms with Crippen LogP contribution in [0.1, 0.15) is 18.1 Å². The molecule has 4 nitrogen and oxygen atoms in total. The largest absolute Gasteiger partial charge is 0.365 e. The van der Waals surface area contributed by atoms with Crippen molar-refractivity contribution in [1.82, 2.24) is 0 Å². The molecule has 0 aliphatic carbocycles. The average molecular weight is 193 g/mol. The molecule has 1 fully saturated rings. The highest BCUT2D eigenvalue weighted by Gasteiger charge is 2.46.